The summed E-state index contributed by atoms with van der Waals surface area (Å²) in [5.74, 6) is -0.0775. The Morgan fingerprint density at radius 3 is 2.89 bits per heavy atom. The van der Waals surface area contributed by atoms with Crippen molar-refractivity contribution >= 4 is 11.7 Å². The van der Waals surface area contributed by atoms with E-state index in [-0.39, 0.29) is 17.5 Å². The minimum atomic E-state index is -0.752. The van der Waals surface area contributed by atoms with E-state index in [0.717, 1.165) is 25.8 Å². The molecule has 1 heterocycles. The summed E-state index contributed by atoms with van der Waals surface area (Å²) in [6, 6.07) is 3.87. The number of anilines is 1. The van der Waals surface area contributed by atoms with Gasteiger partial charge in [0.15, 0.2) is 0 Å². The van der Waals surface area contributed by atoms with Crippen molar-refractivity contribution in [2.24, 2.45) is 5.73 Å². The maximum absolute atomic E-state index is 10.8. The number of carbonyl (C=O) groups is 1. The number of nitrogens with one attached hydrogen (secondary N) is 2. The van der Waals surface area contributed by atoms with Gasteiger partial charge in [0.05, 0.1) is 11.8 Å². The minimum Gasteiger partial charge on any atom is -0.506 e. The number of urea groups is 1. The SMILES string of the molecule is NC(=O)Nc1cc(C(O)C2CCCCN2)ccc1O. The number of piperidine rings is 1. The van der Waals surface area contributed by atoms with Crippen molar-refractivity contribution in [1.29, 1.82) is 0 Å². The van der Waals surface area contributed by atoms with E-state index in [1.54, 1.807) is 12.1 Å². The van der Waals surface area contributed by atoms with Crippen molar-refractivity contribution in [3.63, 3.8) is 0 Å². The molecule has 2 amide bonds. The maximum atomic E-state index is 10.8. The molecule has 0 bridgehead atoms. The van der Waals surface area contributed by atoms with Crippen molar-refractivity contribution < 1.29 is 15.0 Å². The molecule has 1 fully saturated rings. The minimum absolute atomic E-state index is 0.000258. The standard InChI is InChI=1S/C13H19N3O3/c14-13(19)16-10-7-8(4-5-11(10)17)12(18)9-3-1-2-6-15-9/h4-5,7,9,12,15,17-18H,1-3,6H2,(H3,14,16,19). The number of hydrogen-bond acceptors (Lipinski definition) is 4. The summed E-state index contributed by atoms with van der Waals surface area (Å²) in [4.78, 5) is 10.8. The van der Waals surface area contributed by atoms with Gasteiger partial charge in [0.25, 0.3) is 0 Å². The Kier molecular flexibility index (Phi) is 4.24. The van der Waals surface area contributed by atoms with E-state index in [1.807, 2.05) is 0 Å². The Balaban J connectivity index is 2.16. The number of primary amides is 1. The van der Waals surface area contributed by atoms with Crippen LogP contribution >= 0.6 is 0 Å². The molecule has 2 rings (SSSR count). The first-order valence-corrected chi connectivity index (χ1v) is 6.39. The van der Waals surface area contributed by atoms with Gasteiger partial charge in [-0.25, -0.2) is 4.79 Å². The second kappa shape index (κ2) is 5.90. The molecule has 1 saturated heterocycles. The number of phenols is 1. The molecule has 1 aromatic rings. The van der Waals surface area contributed by atoms with Gasteiger partial charge in [0.1, 0.15) is 5.75 Å². The van der Waals surface area contributed by atoms with Crippen molar-refractivity contribution in [3.05, 3.63) is 23.8 Å². The van der Waals surface area contributed by atoms with Crippen LogP contribution in [0.2, 0.25) is 0 Å². The van der Waals surface area contributed by atoms with Gasteiger partial charge in [-0.3, -0.25) is 0 Å². The molecule has 19 heavy (non-hydrogen) atoms. The van der Waals surface area contributed by atoms with E-state index >= 15 is 0 Å². The topological polar surface area (TPSA) is 108 Å². The van der Waals surface area contributed by atoms with Gasteiger partial charge in [0, 0.05) is 6.04 Å². The summed E-state index contributed by atoms with van der Waals surface area (Å²) in [5, 5.41) is 25.5. The van der Waals surface area contributed by atoms with Crippen LogP contribution < -0.4 is 16.4 Å². The van der Waals surface area contributed by atoms with Crippen LogP contribution in [0.5, 0.6) is 5.75 Å². The van der Waals surface area contributed by atoms with Crippen LogP contribution in [0.1, 0.15) is 30.9 Å². The molecule has 0 saturated carbocycles. The highest BCUT2D eigenvalue weighted by atomic mass is 16.3. The summed E-state index contributed by atoms with van der Waals surface area (Å²) in [5.41, 5.74) is 5.87. The number of amides is 2. The highest BCUT2D eigenvalue weighted by Crippen LogP contribution is 2.29. The first-order valence-electron chi connectivity index (χ1n) is 6.39. The van der Waals surface area contributed by atoms with Gasteiger partial charge in [0.2, 0.25) is 0 Å². The molecule has 6 N–H and O–H groups in total. The zero-order valence-corrected chi connectivity index (χ0v) is 10.6. The Bertz CT molecular complexity index is 458. The fourth-order valence-corrected chi connectivity index (χ4v) is 2.35. The quantitative estimate of drug-likeness (QED) is 0.527. The van der Waals surface area contributed by atoms with Crippen molar-refractivity contribution in [2.75, 3.05) is 11.9 Å². The van der Waals surface area contributed by atoms with Crippen LogP contribution in [-0.4, -0.2) is 28.8 Å². The van der Waals surface area contributed by atoms with E-state index in [9.17, 15) is 15.0 Å². The number of benzene rings is 1. The molecule has 0 aromatic heterocycles. The molecule has 1 aliphatic heterocycles. The first kappa shape index (κ1) is 13.6. The number of aliphatic hydroxyl groups excluding tert-OH is 1. The monoisotopic (exact) mass is 265 g/mol. The van der Waals surface area contributed by atoms with Crippen molar-refractivity contribution in [1.82, 2.24) is 5.32 Å². The summed E-state index contributed by atoms with van der Waals surface area (Å²) in [7, 11) is 0. The molecule has 1 aliphatic rings. The maximum Gasteiger partial charge on any atom is 0.316 e. The lowest BCUT2D eigenvalue weighted by molar-refractivity contribution is 0.114. The molecule has 2 atom stereocenters. The number of nitrogens with two attached hydrogens (primary N) is 1. The first-order chi connectivity index (χ1) is 9.08. The van der Waals surface area contributed by atoms with Gasteiger partial charge < -0.3 is 26.6 Å². The highest BCUT2D eigenvalue weighted by Gasteiger charge is 2.23. The number of aromatic hydroxyl groups is 1. The van der Waals surface area contributed by atoms with E-state index in [2.05, 4.69) is 10.6 Å². The van der Waals surface area contributed by atoms with Gasteiger partial charge >= 0.3 is 6.03 Å². The molecule has 2 unspecified atom stereocenters. The number of rotatable bonds is 3. The van der Waals surface area contributed by atoms with Crippen LogP contribution in [0.25, 0.3) is 0 Å². The largest absolute Gasteiger partial charge is 0.506 e. The zero-order chi connectivity index (χ0) is 13.8. The molecule has 1 aromatic carbocycles. The molecular weight excluding hydrogens is 246 g/mol. The van der Waals surface area contributed by atoms with Gasteiger partial charge in [-0.1, -0.05) is 12.5 Å². The fraction of sp³-hybridized carbons (Fsp3) is 0.462. The fourth-order valence-electron chi connectivity index (χ4n) is 2.35. The third-order valence-corrected chi connectivity index (χ3v) is 3.35. The van der Waals surface area contributed by atoms with Gasteiger partial charge in [-0.05, 0) is 37.1 Å². The van der Waals surface area contributed by atoms with E-state index < -0.39 is 12.1 Å². The van der Waals surface area contributed by atoms with Crippen LogP contribution in [0, 0.1) is 0 Å². The average Bonchev–Trinajstić information content (AvgIpc) is 2.41. The Labute approximate surface area is 111 Å². The predicted octanol–water partition coefficient (Wildman–Crippen LogP) is 1.06. The van der Waals surface area contributed by atoms with Crippen molar-refractivity contribution in [3.8, 4) is 5.75 Å². The molecule has 0 aliphatic carbocycles. The van der Waals surface area contributed by atoms with Crippen LogP contribution in [0.3, 0.4) is 0 Å². The molecule has 104 valence electrons. The smallest absolute Gasteiger partial charge is 0.316 e. The lowest BCUT2D eigenvalue weighted by Gasteiger charge is -2.28. The number of aliphatic hydroxyl groups is 1. The average molecular weight is 265 g/mol. The molecule has 0 spiro atoms. The molecule has 0 radical (unpaired) electrons. The van der Waals surface area contributed by atoms with E-state index in [0.29, 0.717) is 5.56 Å². The number of carbonyl (C=O) groups excluding carboxylic acids is 1. The number of hydrogen-bond donors (Lipinski definition) is 5. The third kappa shape index (κ3) is 3.36. The second-order valence-electron chi connectivity index (χ2n) is 4.77. The zero-order valence-electron chi connectivity index (χ0n) is 10.6. The van der Waals surface area contributed by atoms with Crippen molar-refractivity contribution in [2.45, 2.75) is 31.4 Å². The Morgan fingerprint density at radius 2 is 2.26 bits per heavy atom. The molecular formula is C13H19N3O3. The molecule has 6 heteroatoms. The van der Waals surface area contributed by atoms with E-state index in [1.165, 1.54) is 6.07 Å². The Morgan fingerprint density at radius 1 is 1.47 bits per heavy atom. The third-order valence-electron chi connectivity index (χ3n) is 3.35. The second-order valence-corrected chi connectivity index (χ2v) is 4.77. The summed E-state index contributed by atoms with van der Waals surface area (Å²) >= 11 is 0. The van der Waals surface area contributed by atoms with Gasteiger partial charge in [-0.15, -0.1) is 0 Å². The summed E-state index contributed by atoms with van der Waals surface area (Å²) < 4.78 is 0. The Hall–Kier alpha value is -1.79. The van der Waals surface area contributed by atoms with Crippen LogP contribution in [-0.2, 0) is 0 Å². The lowest BCUT2D eigenvalue weighted by atomic mass is 9.94. The van der Waals surface area contributed by atoms with Crippen LogP contribution in [0.15, 0.2) is 18.2 Å². The predicted molar refractivity (Wildman–Crippen MR) is 71.9 cm³/mol. The molecule has 6 nitrogen and oxygen atoms in total. The number of phenolic OH excluding ortho intramolecular Hbond substituents is 1. The summed E-state index contributed by atoms with van der Waals surface area (Å²) in [6.45, 7) is 0.895. The lowest BCUT2D eigenvalue weighted by Crippen LogP contribution is -2.38. The normalized spacial score (nSPS) is 20.8. The van der Waals surface area contributed by atoms with Crippen LogP contribution in [0.4, 0.5) is 10.5 Å². The van der Waals surface area contributed by atoms with E-state index in [4.69, 9.17) is 5.73 Å². The van der Waals surface area contributed by atoms with Gasteiger partial charge in [-0.2, -0.15) is 0 Å². The summed E-state index contributed by atoms with van der Waals surface area (Å²) in [6.07, 6.45) is 2.43. The highest BCUT2D eigenvalue weighted by molar-refractivity contribution is 5.89.